The maximum Gasteiger partial charge on any atom is 0.251 e. The molecule has 3 aromatic rings. The summed E-state index contributed by atoms with van der Waals surface area (Å²) in [5.41, 5.74) is 11.9. The molecule has 30 heavy (non-hydrogen) atoms. The number of nitrogens with two attached hydrogens (primary N) is 1. The van der Waals surface area contributed by atoms with Crippen molar-refractivity contribution in [2.45, 2.75) is 13.0 Å². The molecular formula is C24H23Cl2N3O. The summed E-state index contributed by atoms with van der Waals surface area (Å²) in [5, 5.41) is 3.96. The van der Waals surface area contributed by atoms with Gasteiger partial charge in [0, 0.05) is 37.4 Å². The van der Waals surface area contributed by atoms with Crippen LogP contribution in [0, 0.1) is 0 Å². The van der Waals surface area contributed by atoms with Crippen molar-refractivity contribution in [2.75, 3.05) is 24.5 Å². The molecule has 154 valence electrons. The fourth-order valence-corrected chi connectivity index (χ4v) is 4.10. The number of nitrogens with zero attached hydrogens (tertiary/aromatic N) is 1. The number of halogens is 2. The van der Waals surface area contributed by atoms with Crippen molar-refractivity contribution in [1.82, 2.24) is 5.32 Å². The van der Waals surface area contributed by atoms with Gasteiger partial charge >= 0.3 is 0 Å². The standard InChI is InChI=1S/C24H23Cl2N3O/c25-21-7-4-16(12-22(21)26)15-29-11-8-17-5-6-19(14-23(17)29)18-2-1-3-20(13-18)24(30)28-10-9-27/h1-7,12-14H,8-11,15,27H2,(H,28,30). The third kappa shape index (κ3) is 4.46. The smallest absolute Gasteiger partial charge is 0.251 e. The summed E-state index contributed by atoms with van der Waals surface area (Å²) < 4.78 is 0. The highest BCUT2D eigenvalue weighted by Crippen LogP contribution is 2.34. The number of carbonyl (C=O) groups excluding carboxylic acids is 1. The highest BCUT2D eigenvalue weighted by molar-refractivity contribution is 6.42. The van der Waals surface area contributed by atoms with Gasteiger partial charge in [0.1, 0.15) is 0 Å². The minimum Gasteiger partial charge on any atom is -0.367 e. The van der Waals surface area contributed by atoms with Gasteiger partial charge in [-0.2, -0.15) is 0 Å². The summed E-state index contributed by atoms with van der Waals surface area (Å²) in [5.74, 6) is -0.107. The van der Waals surface area contributed by atoms with Crippen molar-refractivity contribution in [3.63, 3.8) is 0 Å². The van der Waals surface area contributed by atoms with Gasteiger partial charge in [0.15, 0.2) is 0 Å². The van der Waals surface area contributed by atoms with E-state index in [-0.39, 0.29) is 5.91 Å². The lowest BCUT2D eigenvalue weighted by molar-refractivity contribution is 0.0955. The van der Waals surface area contributed by atoms with Crippen LogP contribution < -0.4 is 16.0 Å². The van der Waals surface area contributed by atoms with Crippen LogP contribution in [0.2, 0.25) is 10.0 Å². The van der Waals surface area contributed by atoms with E-state index in [4.69, 9.17) is 28.9 Å². The minimum absolute atomic E-state index is 0.107. The molecule has 6 heteroatoms. The predicted octanol–water partition coefficient (Wildman–Crippen LogP) is 4.91. The van der Waals surface area contributed by atoms with Gasteiger partial charge in [0.05, 0.1) is 10.0 Å². The Morgan fingerprint density at radius 1 is 1.00 bits per heavy atom. The summed E-state index contributed by atoms with van der Waals surface area (Å²) in [4.78, 5) is 14.6. The van der Waals surface area contributed by atoms with Gasteiger partial charge in [0.25, 0.3) is 5.91 Å². The summed E-state index contributed by atoms with van der Waals surface area (Å²) in [6.07, 6.45) is 1.01. The van der Waals surface area contributed by atoms with Gasteiger partial charge < -0.3 is 16.0 Å². The van der Waals surface area contributed by atoms with Gasteiger partial charge in [-0.3, -0.25) is 4.79 Å². The molecule has 0 spiro atoms. The highest BCUT2D eigenvalue weighted by atomic mass is 35.5. The number of benzene rings is 3. The van der Waals surface area contributed by atoms with Crippen LogP contribution in [-0.2, 0) is 13.0 Å². The second-order valence-corrected chi connectivity index (χ2v) is 8.20. The SMILES string of the molecule is NCCNC(=O)c1cccc(-c2ccc3c(c2)N(Cc2ccc(Cl)c(Cl)c2)CC3)c1. The lowest BCUT2D eigenvalue weighted by atomic mass is 10.00. The average molecular weight is 440 g/mol. The first-order chi connectivity index (χ1) is 14.5. The monoisotopic (exact) mass is 439 g/mol. The zero-order valence-corrected chi connectivity index (χ0v) is 18.0. The van der Waals surface area contributed by atoms with E-state index >= 15 is 0 Å². The van der Waals surface area contributed by atoms with Crippen LogP contribution in [0.5, 0.6) is 0 Å². The summed E-state index contributed by atoms with van der Waals surface area (Å²) in [6, 6.07) is 20.0. The summed E-state index contributed by atoms with van der Waals surface area (Å²) >= 11 is 12.2. The Morgan fingerprint density at radius 3 is 2.63 bits per heavy atom. The molecule has 0 aromatic heterocycles. The first kappa shape index (κ1) is 20.7. The van der Waals surface area contributed by atoms with Crippen LogP contribution in [0.1, 0.15) is 21.5 Å². The van der Waals surface area contributed by atoms with Gasteiger partial charge in [-0.25, -0.2) is 0 Å². The van der Waals surface area contributed by atoms with Gasteiger partial charge in [-0.15, -0.1) is 0 Å². The average Bonchev–Trinajstić information content (AvgIpc) is 3.16. The number of amides is 1. The van der Waals surface area contributed by atoms with E-state index in [1.165, 1.54) is 11.3 Å². The van der Waals surface area contributed by atoms with E-state index in [2.05, 4.69) is 28.4 Å². The van der Waals surface area contributed by atoms with Crippen LogP contribution in [0.3, 0.4) is 0 Å². The van der Waals surface area contributed by atoms with Crippen molar-refractivity contribution >= 4 is 34.8 Å². The van der Waals surface area contributed by atoms with Crippen LogP contribution >= 0.6 is 23.2 Å². The lowest BCUT2D eigenvalue weighted by Gasteiger charge is -2.20. The number of fused-ring (bicyclic) bond motifs is 1. The van der Waals surface area contributed by atoms with Crippen molar-refractivity contribution in [1.29, 1.82) is 0 Å². The quantitative estimate of drug-likeness (QED) is 0.573. The predicted molar refractivity (Wildman–Crippen MR) is 124 cm³/mol. The van der Waals surface area contributed by atoms with Crippen LogP contribution in [0.25, 0.3) is 11.1 Å². The van der Waals surface area contributed by atoms with Crippen LogP contribution in [0.4, 0.5) is 5.69 Å². The number of hydrogen-bond acceptors (Lipinski definition) is 3. The third-order valence-corrected chi connectivity index (χ3v) is 6.06. The molecular weight excluding hydrogens is 417 g/mol. The molecule has 1 aliphatic rings. The lowest BCUT2D eigenvalue weighted by Crippen LogP contribution is -2.28. The Bertz CT molecular complexity index is 1080. The number of rotatable bonds is 6. The Morgan fingerprint density at radius 2 is 1.83 bits per heavy atom. The molecule has 3 aromatic carbocycles. The van der Waals surface area contributed by atoms with E-state index < -0.39 is 0 Å². The number of anilines is 1. The zero-order valence-electron chi connectivity index (χ0n) is 16.5. The number of hydrogen-bond donors (Lipinski definition) is 2. The molecule has 4 rings (SSSR count). The zero-order chi connectivity index (χ0) is 21.1. The molecule has 0 radical (unpaired) electrons. The molecule has 0 bridgehead atoms. The third-order valence-electron chi connectivity index (χ3n) is 5.32. The minimum atomic E-state index is -0.107. The fraction of sp³-hybridized carbons (Fsp3) is 0.208. The van der Waals surface area contributed by atoms with E-state index in [1.54, 1.807) is 0 Å². The van der Waals surface area contributed by atoms with Crippen molar-refractivity contribution < 1.29 is 4.79 Å². The molecule has 0 aliphatic carbocycles. The van der Waals surface area contributed by atoms with E-state index in [0.717, 1.165) is 36.2 Å². The second kappa shape index (κ2) is 9.09. The first-order valence-corrected chi connectivity index (χ1v) is 10.7. The maximum absolute atomic E-state index is 12.3. The van der Waals surface area contributed by atoms with Gasteiger partial charge in [0.2, 0.25) is 0 Å². The molecule has 0 saturated carbocycles. The Balaban J connectivity index is 1.59. The molecule has 0 atom stereocenters. The van der Waals surface area contributed by atoms with E-state index in [0.29, 0.717) is 28.7 Å². The topological polar surface area (TPSA) is 58.4 Å². The first-order valence-electron chi connectivity index (χ1n) is 9.95. The molecule has 0 saturated heterocycles. The van der Waals surface area contributed by atoms with Crippen LogP contribution in [-0.4, -0.2) is 25.5 Å². The molecule has 0 unspecified atom stereocenters. The van der Waals surface area contributed by atoms with Crippen molar-refractivity contribution in [2.24, 2.45) is 5.73 Å². The largest absolute Gasteiger partial charge is 0.367 e. The molecule has 3 N–H and O–H groups in total. The molecule has 1 aliphatic heterocycles. The van der Waals surface area contributed by atoms with E-state index in [1.807, 2.05) is 42.5 Å². The van der Waals surface area contributed by atoms with Crippen LogP contribution in [0.15, 0.2) is 60.7 Å². The van der Waals surface area contributed by atoms with Crippen molar-refractivity contribution in [3.05, 3.63) is 87.4 Å². The normalized spacial score (nSPS) is 12.7. The Hall–Kier alpha value is -2.53. The molecule has 1 heterocycles. The second-order valence-electron chi connectivity index (χ2n) is 7.39. The number of nitrogens with one attached hydrogen (secondary N) is 1. The number of carbonyl (C=O) groups is 1. The van der Waals surface area contributed by atoms with Gasteiger partial charge in [-0.05, 0) is 59.0 Å². The molecule has 4 nitrogen and oxygen atoms in total. The van der Waals surface area contributed by atoms with Crippen molar-refractivity contribution in [3.8, 4) is 11.1 Å². The Labute approximate surface area is 186 Å². The molecule has 1 amide bonds. The van der Waals surface area contributed by atoms with Gasteiger partial charge in [-0.1, -0.05) is 53.5 Å². The maximum atomic E-state index is 12.3. The highest BCUT2D eigenvalue weighted by Gasteiger charge is 2.20. The fourth-order valence-electron chi connectivity index (χ4n) is 3.78. The van der Waals surface area contributed by atoms with E-state index in [9.17, 15) is 4.79 Å². The molecule has 0 fully saturated rings. The summed E-state index contributed by atoms with van der Waals surface area (Å²) in [6.45, 7) is 2.62. The Kier molecular flexibility index (Phi) is 6.28. The summed E-state index contributed by atoms with van der Waals surface area (Å²) in [7, 11) is 0.